The first-order valence-corrected chi connectivity index (χ1v) is 13.2. The molecule has 3 aliphatic rings. The summed E-state index contributed by atoms with van der Waals surface area (Å²) in [5.41, 5.74) is 0.508. The van der Waals surface area contributed by atoms with Crippen LogP contribution in [-0.2, 0) is 14.3 Å². The molecule has 0 spiro atoms. The number of fused-ring (bicyclic) bond motifs is 1. The SMILES string of the molecule is COC(=O)C1CCOCC1CN1CCC(COc2noc3cccc(OCC4(CO)CCC4)c23)CC1. The van der Waals surface area contributed by atoms with E-state index in [1.54, 1.807) is 0 Å². The molecule has 2 saturated heterocycles. The Hall–Kier alpha value is -2.36. The van der Waals surface area contributed by atoms with Crippen LogP contribution in [0.25, 0.3) is 11.0 Å². The standard InChI is InChI=1S/C27H38N2O7/c1-32-26(31)21-8-13-33-16-20(21)14-29-11-6-19(7-12-29)15-34-25-24-22(4-2-5-23(24)36-28-25)35-18-27(17-30)9-3-10-27/h2,4-5,19-21,30H,3,6-18H2,1H3. The molecule has 3 fully saturated rings. The van der Waals surface area contributed by atoms with Crippen LogP contribution < -0.4 is 9.47 Å². The second kappa shape index (κ2) is 11.4. The molecule has 2 atom stereocenters. The Morgan fingerprint density at radius 2 is 2.06 bits per heavy atom. The topological polar surface area (TPSA) is 103 Å². The van der Waals surface area contributed by atoms with Gasteiger partial charge in [-0.15, -0.1) is 0 Å². The lowest BCUT2D eigenvalue weighted by molar-refractivity contribution is -0.152. The number of rotatable bonds is 10. The number of piperidine rings is 1. The summed E-state index contributed by atoms with van der Waals surface area (Å²) < 4.78 is 28.5. The largest absolute Gasteiger partial charge is 0.492 e. The van der Waals surface area contributed by atoms with Crippen LogP contribution in [-0.4, -0.2) is 80.9 Å². The van der Waals surface area contributed by atoms with Crippen LogP contribution in [0.15, 0.2) is 22.7 Å². The molecule has 1 saturated carbocycles. The van der Waals surface area contributed by atoms with E-state index in [0.29, 0.717) is 49.6 Å². The average molecular weight is 503 g/mol. The molecule has 2 aromatic rings. The first-order chi connectivity index (χ1) is 17.6. The van der Waals surface area contributed by atoms with Gasteiger partial charge in [0.15, 0.2) is 5.58 Å². The molecule has 198 valence electrons. The molecule has 0 radical (unpaired) electrons. The number of likely N-dealkylation sites (tertiary alicyclic amines) is 1. The monoisotopic (exact) mass is 502 g/mol. The van der Waals surface area contributed by atoms with Crippen molar-refractivity contribution in [1.82, 2.24) is 10.1 Å². The normalized spacial score (nSPS) is 24.8. The fourth-order valence-electron chi connectivity index (χ4n) is 5.71. The third-order valence-corrected chi connectivity index (χ3v) is 8.35. The van der Waals surface area contributed by atoms with Gasteiger partial charge in [0.2, 0.25) is 0 Å². The Kier molecular flexibility index (Phi) is 7.98. The highest BCUT2D eigenvalue weighted by molar-refractivity contribution is 5.88. The van der Waals surface area contributed by atoms with Gasteiger partial charge in [0, 0.05) is 24.5 Å². The molecule has 9 nitrogen and oxygen atoms in total. The lowest BCUT2D eigenvalue weighted by atomic mass is 9.70. The Morgan fingerprint density at radius 3 is 2.78 bits per heavy atom. The maximum absolute atomic E-state index is 12.2. The van der Waals surface area contributed by atoms with Crippen LogP contribution in [0.3, 0.4) is 0 Å². The molecule has 1 N–H and O–H groups in total. The molecule has 0 bridgehead atoms. The average Bonchev–Trinajstić information content (AvgIpc) is 3.32. The van der Waals surface area contributed by atoms with E-state index in [4.69, 9.17) is 23.5 Å². The summed E-state index contributed by atoms with van der Waals surface area (Å²) in [6.45, 7) is 5.23. The van der Waals surface area contributed by atoms with E-state index in [0.717, 1.165) is 63.5 Å². The summed E-state index contributed by atoms with van der Waals surface area (Å²) in [4.78, 5) is 14.6. The summed E-state index contributed by atoms with van der Waals surface area (Å²) in [6, 6.07) is 5.66. The Balaban J connectivity index is 1.13. The number of aliphatic hydroxyl groups is 1. The van der Waals surface area contributed by atoms with Gasteiger partial charge in [-0.25, -0.2) is 0 Å². The molecule has 9 heteroatoms. The number of carbonyl (C=O) groups excluding carboxylic acids is 1. The highest BCUT2D eigenvalue weighted by Crippen LogP contribution is 2.42. The van der Waals surface area contributed by atoms with Crippen molar-refractivity contribution in [3.05, 3.63) is 18.2 Å². The molecule has 36 heavy (non-hydrogen) atoms. The van der Waals surface area contributed by atoms with Gasteiger partial charge in [-0.1, -0.05) is 12.5 Å². The smallest absolute Gasteiger partial charge is 0.309 e. The lowest BCUT2D eigenvalue weighted by Gasteiger charge is -2.39. The fourth-order valence-corrected chi connectivity index (χ4v) is 5.71. The Bertz CT molecular complexity index is 1010. The van der Waals surface area contributed by atoms with Crippen molar-refractivity contribution >= 4 is 16.9 Å². The number of nitrogens with zero attached hydrogens (tertiary/aromatic N) is 2. The van der Waals surface area contributed by atoms with Crippen molar-refractivity contribution in [2.24, 2.45) is 23.2 Å². The maximum Gasteiger partial charge on any atom is 0.309 e. The number of hydrogen-bond acceptors (Lipinski definition) is 9. The van der Waals surface area contributed by atoms with E-state index in [9.17, 15) is 9.90 Å². The van der Waals surface area contributed by atoms with Gasteiger partial charge in [-0.05, 0) is 68.4 Å². The number of methoxy groups -OCH3 is 1. The number of aromatic nitrogens is 1. The fraction of sp³-hybridized carbons (Fsp3) is 0.704. The summed E-state index contributed by atoms with van der Waals surface area (Å²) >= 11 is 0. The number of aliphatic hydroxyl groups excluding tert-OH is 1. The highest BCUT2D eigenvalue weighted by atomic mass is 16.5. The zero-order chi connectivity index (χ0) is 25.0. The molecule has 1 aromatic carbocycles. The van der Waals surface area contributed by atoms with E-state index < -0.39 is 0 Å². The molecule has 2 aliphatic heterocycles. The third-order valence-electron chi connectivity index (χ3n) is 8.35. The number of hydrogen-bond donors (Lipinski definition) is 1. The second-order valence-corrected chi connectivity index (χ2v) is 10.7. The number of ether oxygens (including phenoxy) is 4. The van der Waals surface area contributed by atoms with Crippen molar-refractivity contribution < 1.29 is 33.4 Å². The predicted molar refractivity (Wildman–Crippen MR) is 132 cm³/mol. The lowest BCUT2D eigenvalue weighted by Crippen LogP contribution is -2.44. The minimum Gasteiger partial charge on any atom is -0.492 e. The molecule has 3 heterocycles. The third kappa shape index (κ3) is 5.48. The van der Waals surface area contributed by atoms with Crippen LogP contribution in [0.2, 0.25) is 0 Å². The minimum atomic E-state index is -0.130. The van der Waals surface area contributed by atoms with Gasteiger partial charge in [0.05, 0.1) is 39.5 Å². The van der Waals surface area contributed by atoms with Crippen LogP contribution in [0, 0.1) is 23.2 Å². The highest BCUT2D eigenvalue weighted by Gasteiger charge is 2.38. The van der Waals surface area contributed by atoms with E-state index in [2.05, 4.69) is 10.1 Å². The van der Waals surface area contributed by atoms with E-state index in [1.165, 1.54) is 7.11 Å². The maximum atomic E-state index is 12.2. The van der Waals surface area contributed by atoms with Crippen LogP contribution in [0.4, 0.5) is 0 Å². The number of benzene rings is 1. The molecular formula is C27H38N2O7. The zero-order valence-electron chi connectivity index (χ0n) is 21.2. The van der Waals surface area contributed by atoms with Crippen molar-refractivity contribution in [3.8, 4) is 11.6 Å². The van der Waals surface area contributed by atoms with Crippen molar-refractivity contribution in [2.45, 2.75) is 38.5 Å². The van der Waals surface area contributed by atoms with Crippen LogP contribution in [0.1, 0.15) is 38.5 Å². The molecular weight excluding hydrogens is 464 g/mol. The van der Waals surface area contributed by atoms with E-state index in [-0.39, 0.29) is 29.8 Å². The predicted octanol–water partition coefficient (Wildman–Crippen LogP) is 3.29. The van der Waals surface area contributed by atoms with Gasteiger partial charge in [0.25, 0.3) is 5.88 Å². The van der Waals surface area contributed by atoms with Crippen molar-refractivity contribution in [2.75, 3.05) is 59.8 Å². The number of carbonyl (C=O) groups is 1. The first kappa shape index (κ1) is 25.3. The van der Waals surface area contributed by atoms with Gasteiger partial charge in [-0.2, -0.15) is 0 Å². The second-order valence-electron chi connectivity index (χ2n) is 10.7. The molecule has 2 unspecified atom stereocenters. The first-order valence-electron chi connectivity index (χ1n) is 13.2. The molecule has 1 aromatic heterocycles. The van der Waals surface area contributed by atoms with E-state index >= 15 is 0 Å². The quantitative estimate of drug-likeness (QED) is 0.490. The van der Waals surface area contributed by atoms with Crippen molar-refractivity contribution in [3.63, 3.8) is 0 Å². The van der Waals surface area contributed by atoms with Crippen LogP contribution >= 0.6 is 0 Å². The molecule has 1 aliphatic carbocycles. The van der Waals surface area contributed by atoms with E-state index in [1.807, 2.05) is 18.2 Å². The van der Waals surface area contributed by atoms with Gasteiger partial charge in [0.1, 0.15) is 11.1 Å². The summed E-state index contributed by atoms with van der Waals surface area (Å²) in [5.74, 6) is 1.58. The summed E-state index contributed by atoms with van der Waals surface area (Å²) in [6.07, 6.45) is 5.89. The Morgan fingerprint density at radius 1 is 1.22 bits per heavy atom. The van der Waals surface area contributed by atoms with Gasteiger partial charge < -0.3 is 33.5 Å². The van der Waals surface area contributed by atoms with Crippen molar-refractivity contribution in [1.29, 1.82) is 0 Å². The minimum absolute atomic E-state index is 0.0711. The number of esters is 1. The summed E-state index contributed by atoms with van der Waals surface area (Å²) in [7, 11) is 1.47. The van der Waals surface area contributed by atoms with Gasteiger partial charge in [-0.3, -0.25) is 4.79 Å². The molecule has 5 rings (SSSR count). The molecule has 0 amide bonds. The van der Waals surface area contributed by atoms with Gasteiger partial charge >= 0.3 is 5.97 Å². The van der Waals surface area contributed by atoms with Crippen LogP contribution in [0.5, 0.6) is 11.6 Å². The summed E-state index contributed by atoms with van der Waals surface area (Å²) in [5, 5.41) is 14.7. The zero-order valence-corrected chi connectivity index (χ0v) is 21.2. The Labute approximate surface area is 212 Å².